The Kier molecular flexibility index (Phi) is 15.8. The van der Waals surface area contributed by atoms with Crippen LogP contribution in [0.4, 0.5) is 0 Å². The molecule has 1 atom stereocenters. The molecule has 0 amide bonds. The predicted octanol–water partition coefficient (Wildman–Crippen LogP) is 2.96. The Morgan fingerprint density at radius 3 is 1.70 bits per heavy atom. The van der Waals surface area contributed by atoms with Crippen LogP contribution in [0, 0.1) is 0 Å². The number of hydrazine groups is 2. The van der Waals surface area contributed by atoms with Crippen LogP contribution >= 0.6 is 0 Å². The topological polar surface area (TPSA) is 63.4 Å². The Bertz CT molecular complexity index is 327. The van der Waals surface area contributed by atoms with E-state index < -0.39 is 8.80 Å². The molecule has 164 valence electrons. The van der Waals surface area contributed by atoms with Crippen molar-refractivity contribution in [1.82, 2.24) is 15.1 Å². The van der Waals surface area contributed by atoms with E-state index in [1.807, 2.05) is 13.8 Å². The number of nitrogens with two attached hydrogens (primary N) is 1. The van der Waals surface area contributed by atoms with Crippen LogP contribution in [-0.4, -0.2) is 82.5 Å². The number of hydrogen-bond donors (Lipinski definition) is 1. The Balaban J connectivity index is 5.12. The lowest BCUT2D eigenvalue weighted by atomic mass is 10.3. The molecule has 0 aliphatic carbocycles. The average Bonchev–Trinajstić information content (AvgIpc) is 2.64. The van der Waals surface area contributed by atoms with Crippen LogP contribution in [0.1, 0.15) is 61.3 Å². The molecule has 0 spiro atoms. The molecule has 0 saturated heterocycles. The smallest absolute Gasteiger partial charge is 0.374 e. The van der Waals surface area contributed by atoms with Crippen LogP contribution in [0.5, 0.6) is 0 Å². The molecule has 0 radical (unpaired) electrons. The van der Waals surface area contributed by atoms with E-state index >= 15 is 0 Å². The Morgan fingerprint density at radius 2 is 1.33 bits per heavy atom. The summed E-state index contributed by atoms with van der Waals surface area (Å²) in [5, 5.41) is 7.16. The molecule has 2 N–H and O–H groups in total. The average molecular weight is 407 g/mol. The lowest BCUT2D eigenvalue weighted by Crippen LogP contribution is -2.54. The molecule has 0 fully saturated rings. The van der Waals surface area contributed by atoms with Crippen molar-refractivity contribution in [2.24, 2.45) is 5.73 Å². The molecule has 0 aromatic heterocycles. The molecule has 0 rings (SSSR count). The second kappa shape index (κ2) is 15.8. The summed E-state index contributed by atoms with van der Waals surface area (Å²) >= 11 is 0. The van der Waals surface area contributed by atoms with E-state index in [1.165, 1.54) is 0 Å². The van der Waals surface area contributed by atoms with Gasteiger partial charge in [0.2, 0.25) is 0 Å². The maximum Gasteiger partial charge on any atom is 0.501 e. The summed E-state index contributed by atoms with van der Waals surface area (Å²) in [4.78, 5) is 0. The first-order valence-electron chi connectivity index (χ1n) is 10.9. The van der Waals surface area contributed by atoms with Crippen molar-refractivity contribution in [1.29, 1.82) is 0 Å². The van der Waals surface area contributed by atoms with Gasteiger partial charge < -0.3 is 19.0 Å². The van der Waals surface area contributed by atoms with Gasteiger partial charge in [0.05, 0.1) is 0 Å². The van der Waals surface area contributed by atoms with Gasteiger partial charge in [-0.2, -0.15) is 5.12 Å². The van der Waals surface area contributed by atoms with Gasteiger partial charge in [0.1, 0.15) is 0 Å². The van der Waals surface area contributed by atoms with Crippen LogP contribution < -0.4 is 5.73 Å². The van der Waals surface area contributed by atoms with Crippen molar-refractivity contribution in [2.75, 3.05) is 52.5 Å². The van der Waals surface area contributed by atoms with Gasteiger partial charge in [-0.15, -0.1) is 0 Å². The molecule has 8 heteroatoms. The molecule has 7 nitrogen and oxygen atoms in total. The summed E-state index contributed by atoms with van der Waals surface area (Å²) in [6, 6.07) is 0.822. The standard InChI is InChI=1S/C19H46N4O3Si/c1-8-21(9-2)23(22(10-3)11-4)17-14-18-27(24-12-5,25-13-6)26-19(7)15-16-20/h19H,8-18,20H2,1-7H3. The molecular weight excluding hydrogens is 360 g/mol. The van der Waals surface area contributed by atoms with Gasteiger partial charge in [0.25, 0.3) is 0 Å². The summed E-state index contributed by atoms with van der Waals surface area (Å²) in [6.45, 7) is 21.7. The first kappa shape index (κ1) is 26.9. The minimum Gasteiger partial charge on any atom is -0.374 e. The quantitative estimate of drug-likeness (QED) is 0.277. The fourth-order valence-corrected chi connectivity index (χ4v) is 6.18. The van der Waals surface area contributed by atoms with Crippen molar-refractivity contribution < 1.29 is 13.3 Å². The maximum absolute atomic E-state index is 6.34. The fourth-order valence-electron chi connectivity index (χ4n) is 3.35. The number of rotatable bonds is 18. The van der Waals surface area contributed by atoms with Gasteiger partial charge >= 0.3 is 8.80 Å². The van der Waals surface area contributed by atoms with E-state index in [-0.39, 0.29) is 6.10 Å². The summed E-state index contributed by atoms with van der Waals surface area (Å²) in [6.07, 6.45) is 1.84. The summed E-state index contributed by atoms with van der Waals surface area (Å²) in [7, 11) is -2.69. The summed E-state index contributed by atoms with van der Waals surface area (Å²) in [5.41, 5.74) is 5.70. The normalized spacial score (nSPS) is 13.9. The molecule has 0 aliphatic heterocycles. The minimum atomic E-state index is -2.69. The third-order valence-corrected chi connectivity index (χ3v) is 7.82. The molecule has 0 bridgehead atoms. The molecule has 27 heavy (non-hydrogen) atoms. The Morgan fingerprint density at radius 1 is 0.852 bits per heavy atom. The van der Waals surface area contributed by atoms with Crippen molar-refractivity contribution in [3.05, 3.63) is 0 Å². The van der Waals surface area contributed by atoms with Crippen molar-refractivity contribution in [2.45, 2.75) is 73.5 Å². The fraction of sp³-hybridized carbons (Fsp3) is 1.00. The zero-order chi connectivity index (χ0) is 20.7. The highest BCUT2D eigenvalue weighted by atomic mass is 28.4. The second-order valence-corrected chi connectivity index (χ2v) is 9.21. The molecule has 0 aromatic carbocycles. The van der Waals surface area contributed by atoms with Gasteiger partial charge in [0, 0.05) is 58.1 Å². The summed E-state index contributed by atoms with van der Waals surface area (Å²) < 4.78 is 18.5. The molecule has 0 aromatic rings. The van der Waals surface area contributed by atoms with E-state index in [2.05, 4.69) is 49.8 Å². The van der Waals surface area contributed by atoms with Crippen LogP contribution in [0.25, 0.3) is 0 Å². The second-order valence-electron chi connectivity index (χ2n) is 6.53. The van der Waals surface area contributed by atoms with Crippen molar-refractivity contribution in [3.8, 4) is 0 Å². The van der Waals surface area contributed by atoms with Crippen molar-refractivity contribution in [3.63, 3.8) is 0 Å². The molecule has 0 aliphatic rings. The van der Waals surface area contributed by atoms with Gasteiger partial charge in [-0.25, -0.2) is 10.0 Å². The van der Waals surface area contributed by atoms with Crippen LogP contribution in [0.15, 0.2) is 0 Å². The largest absolute Gasteiger partial charge is 0.501 e. The lowest BCUT2D eigenvalue weighted by Gasteiger charge is -2.41. The number of hydrogen-bond acceptors (Lipinski definition) is 7. The summed E-state index contributed by atoms with van der Waals surface area (Å²) in [5.74, 6) is 0. The highest BCUT2D eigenvalue weighted by molar-refractivity contribution is 6.60. The molecule has 0 heterocycles. The first-order valence-corrected chi connectivity index (χ1v) is 12.8. The zero-order valence-corrected chi connectivity index (χ0v) is 20.0. The highest BCUT2D eigenvalue weighted by Gasteiger charge is 2.42. The molecule has 1 unspecified atom stereocenters. The molecule has 0 saturated carbocycles. The van der Waals surface area contributed by atoms with Crippen LogP contribution in [0.2, 0.25) is 6.04 Å². The minimum absolute atomic E-state index is 0.0569. The first-order chi connectivity index (χ1) is 13.0. The number of nitrogens with zero attached hydrogens (tertiary/aromatic N) is 3. The Hall–Kier alpha value is -0.0631. The third-order valence-electron chi connectivity index (χ3n) is 4.64. The third kappa shape index (κ3) is 9.80. The van der Waals surface area contributed by atoms with Gasteiger partial charge in [0.15, 0.2) is 0 Å². The monoisotopic (exact) mass is 406 g/mol. The van der Waals surface area contributed by atoms with E-state index in [9.17, 15) is 0 Å². The van der Waals surface area contributed by atoms with Gasteiger partial charge in [-0.3, -0.25) is 0 Å². The van der Waals surface area contributed by atoms with Gasteiger partial charge in [-0.1, -0.05) is 27.7 Å². The maximum atomic E-state index is 6.34. The molecular formula is C19H46N4O3Si. The predicted molar refractivity (Wildman–Crippen MR) is 115 cm³/mol. The van der Waals surface area contributed by atoms with Crippen LogP contribution in [0.3, 0.4) is 0 Å². The Labute approximate surface area is 169 Å². The van der Waals surface area contributed by atoms with E-state index in [1.54, 1.807) is 0 Å². The van der Waals surface area contributed by atoms with E-state index in [4.69, 9.17) is 19.0 Å². The van der Waals surface area contributed by atoms with Gasteiger partial charge in [-0.05, 0) is 40.2 Å². The zero-order valence-electron chi connectivity index (χ0n) is 19.0. The highest BCUT2D eigenvalue weighted by Crippen LogP contribution is 2.22. The van der Waals surface area contributed by atoms with E-state index in [0.717, 1.165) is 51.6 Å². The van der Waals surface area contributed by atoms with Crippen LogP contribution in [-0.2, 0) is 13.3 Å². The van der Waals surface area contributed by atoms with E-state index in [0.29, 0.717) is 19.8 Å². The SMILES string of the molecule is CCO[Si](CCCN(N(CC)CC)N(CC)CC)(OCC)OC(C)CCN. The lowest BCUT2D eigenvalue weighted by molar-refractivity contribution is -0.178. The van der Waals surface area contributed by atoms with Crippen molar-refractivity contribution >= 4 is 8.80 Å².